The zero-order valence-electron chi connectivity index (χ0n) is 44.0. The van der Waals surface area contributed by atoms with E-state index in [9.17, 15) is 4.79 Å². The molecule has 0 aliphatic rings. The Balaban J connectivity index is 0.000000177. The highest BCUT2D eigenvalue weighted by Gasteiger charge is 2.11. The number of benzene rings is 3. The fraction of sp³-hybridized carbons (Fsp3) is 0.193. The smallest absolute Gasteiger partial charge is 0.337 e. The molecule has 76 heavy (non-hydrogen) atoms. The molecule has 3 aromatic carbocycles. The van der Waals surface area contributed by atoms with Crippen LogP contribution in [0, 0.1) is 27.7 Å². The monoisotopic (exact) mass is 1020 g/mol. The number of rotatable bonds is 13. The van der Waals surface area contributed by atoms with Crippen molar-refractivity contribution in [2.75, 3.05) is 43.0 Å². The van der Waals surface area contributed by atoms with Crippen LogP contribution in [0.2, 0.25) is 0 Å². The van der Waals surface area contributed by atoms with Crippen LogP contribution in [0.1, 0.15) is 53.8 Å². The van der Waals surface area contributed by atoms with Crippen molar-refractivity contribution < 1.29 is 29.2 Å². The molecule has 7 N–H and O–H groups in total. The Morgan fingerprint density at radius 2 is 0.750 bits per heavy atom. The standard InChI is InChI=1S/C18H16N4O3.C18H18N4O.C17H17N5O.C4H10O/c1-11-16(17(23)24)7-14(10-19-11)22-18-20-8-13(9-21-18)12-3-5-15(25-2)6-4-12;1-12-8-16(11-19-13(12)2)22-18-20-9-15(10-21-18)14-4-6-17(23-3)7-5-14;1-11-16(18)7-14(10-19-11)22-17-20-8-13(9-21-17)12-3-5-15(23-2)6-4-12;1-4(2,3)5/h3-10H,1-2H3,(H,23,24)(H,20,21,22);4-11H,1-3H3,(H,20,21,22);3-10H,18H2,1-2H3,(H,20,21,22);5H,1-3H3. The van der Waals surface area contributed by atoms with Crippen LogP contribution in [-0.2, 0) is 0 Å². The lowest BCUT2D eigenvalue weighted by molar-refractivity contribution is 0.0695. The number of nitrogens with two attached hydrogens (primary N) is 1. The molecule has 19 heteroatoms. The number of aliphatic hydroxyl groups is 1. The van der Waals surface area contributed by atoms with E-state index in [1.165, 1.54) is 6.07 Å². The summed E-state index contributed by atoms with van der Waals surface area (Å²) in [6.07, 6.45) is 15.5. The first-order valence-electron chi connectivity index (χ1n) is 23.7. The third kappa shape index (κ3) is 17.0. The maximum absolute atomic E-state index is 11.2. The number of nitrogen functional groups attached to an aromatic ring is 1. The number of hydrogen-bond acceptors (Lipinski definition) is 18. The Kier molecular flexibility index (Phi) is 19.3. The van der Waals surface area contributed by atoms with Crippen LogP contribution in [0.3, 0.4) is 0 Å². The maximum atomic E-state index is 11.2. The molecule has 0 radical (unpaired) electrons. The minimum atomic E-state index is -1.02. The number of aromatic nitrogens is 9. The summed E-state index contributed by atoms with van der Waals surface area (Å²) in [6, 6.07) is 28.5. The van der Waals surface area contributed by atoms with Crippen LogP contribution in [0.4, 0.5) is 40.6 Å². The first kappa shape index (κ1) is 55.7. The number of anilines is 7. The Morgan fingerprint density at radius 1 is 0.447 bits per heavy atom. The molecule has 390 valence electrons. The Bertz CT molecular complexity index is 3140. The van der Waals surface area contributed by atoms with E-state index in [1.54, 1.807) is 105 Å². The molecular formula is C57H61N13O6. The molecule has 0 saturated heterocycles. The number of carboxylic acids is 1. The summed E-state index contributed by atoms with van der Waals surface area (Å²) in [7, 11) is 4.92. The van der Waals surface area contributed by atoms with Gasteiger partial charge in [0.05, 0.1) is 85.2 Å². The molecule has 0 saturated carbocycles. The molecule has 9 aromatic rings. The zero-order valence-corrected chi connectivity index (χ0v) is 44.0. The summed E-state index contributed by atoms with van der Waals surface area (Å²) in [5.41, 5.74) is 17.5. The number of methoxy groups -OCH3 is 3. The van der Waals surface area contributed by atoms with Crippen molar-refractivity contribution in [3.8, 4) is 50.6 Å². The number of hydrogen-bond donors (Lipinski definition) is 6. The van der Waals surface area contributed by atoms with Crippen LogP contribution >= 0.6 is 0 Å². The van der Waals surface area contributed by atoms with Crippen molar-refractivity contribution in [1.29, 1.82) is 0 Å². The minimum absolute atomic E-state index is 0.139. The fourth-order valence-corrected chi connectivity index (χ4v) is 6.51. The van der Waals surface area contributed by atoms with Gasteiger partial charge < -0.3 is 46.1 Å². The van der Waals surface area contributed by atoms with Crippen molar-refractivity contribution in [1.82, 2.24) is 44.9 Å². The van der Waals surface area contributed by atoms with Crippen LogP contribution in [0.25, 0.3) is 33.4 Å². The molecule has 6 heterocycles. The first-order valence-corrected chi connectivity index (χ1v) is 23.7. The van der Waals surface area contributed by atoms with Crippen LogP contribution < -0.4 is 35.9 Å². The largest absolute Gasteiger partial charge is 0.497 e. The van der Waals surface area contributed by atoms with Gasteiger partial charge in [-0.3, -0.25) is 15.0 Å². The number of carboxylic acid groups (broad SMARTS) is 1. The van der Waals surface area contributed by atoms with Gasteiger partial charge in [0.1, 0.15) is 17.2 Å². The number of aryl methyl sites for hydroxylation is 4. The van der Waals surface area contributed by atoms with Gasteiger partial charge in [-0.25, -0.2) is 34.7 Å². The van der Waals surface area contributed by atoms with Crippen molar-refractivity contribution in [2.24, 2.45) is 0 Å². The molecule has 0 bridgehead atoms. The summed E-state index contributed by atoms with van der Waals surface area (Å²) in [5, 5.41) is 26.9. The van der Waals surface area contributed by atoms with Gasteiger partial charge in [-0.05, 0) is 125 Å². The number of nitrogens with zero attached hydrogens (tertiary/aromatic N) is 9. The number of ether oxygens (including phenoxy) is 3. The normalized spacial score (nSPS) is 10.5. The lowest BCUT2D eigenvalue weighted by atomic mass is 10.1. The number of nitrogens with one attached hydrogen (secondary N) is 3. The van der Waals surface area contributed by atoms with Gasteiger partial charge in [0, 0.05) is 59.6 Å². The molecule has 0 spiro atoms. The van der Waals surface area contributed by atoms with E-state index in [2.05, 4.69) is 60.8 Å². The van der Waals surface area contributed by atoms with Gasteiger partial charge in [0.25, 0.3) is 0 Å². The second kappa shape index (κ2) is 26.4. The summed E-state index contributed by atoms with van der Waals surface area (Å²) in [6.45, 7) is 12.8. The van der Waals surface area contributed by atoms with Crippen molar-refractivity contribution >= 4 is 46.6 Å². The fourth-order valence-electron chi connectivity index (χ4n) is 6.51. The van der Waals surface area contributed by atoms with E-state index in [-0.39, 0.29) is 5.56 Å². The predicted octanol–water partition coefficient (Wildman–Crippen LogP) is 11.2. The van der Waals surface area contributed by atoms with Gasteiger partial charge in [-0.2, -0.15) is 0 Å². The highest BCUT2D eigenvalue weighted by Crippen LogP contribution is 2.26. The highest BCUT2D eigenvalue weighted by atomic mass is 16.5. The van der Waals surface area contributed by atoms with Gasteiger partial charge in [-0.1, -0.05) is 36.4 Å². The molecular weight excluding hydrogens is 963 g/mol. The zero-order chi connectivity index (χ0) is 54.8. The Labute approximate surface area is 441 Å². The van der Waals surface area contributed by atoms with Gasteiger partial charge in [-0.15, -0.1) is 0 Å². The number of aromatic carboxylic acids is 1. The molecule has 9 rings (SSSR count). The molecule has 0 aliphatic carbocycles. The molecule has 0 fully saturated rings. The molecule has 6 aromatic heterocycles. The third-order valence-electron chi connectivity index (χ3n) is 10.8. The van der Waals surface area contributed by atoms with Gasteiger partial charge >= 0.3 is 5.97 Å². The van der Waals surface area contributed by atoms with Crippen LogP contribution in [0.5, 0.6) is 17.2 Å². The lowest BCUT2D eigenvalue weighted by Gasteiger charge is -2.08. The van der Waals surface area contributed by atoms with Crippen molar-refractivity contribution in [3.63, 3.8) is 0 Å². The quantitative estimate of drug-likeness (QED) is 0.0627. The maximum Gasteiger partial charge on any atom is 0.337 e. The van der Waals surface area contributed by atoms with E-state index >= 15 is 0 Å². The molecule has 0 atom stereocenters. The van der Waals surface area contributed by atoms with Crippen molar-refractivity contribution in [3.05, 3.63) is 175 Å². The molecule has 0 amide bonds. The topological polar surface area (TPSA) is 263 Å². The summed E-state index contributed by atoms with van der Waals surface area (Å²) >= 11 is 0. The second-order valence-corrected chi connectivity index (χ2v) is 17.8. The van der Waals surface area contributed by atoms with Crippen molar-refractivity contribution in [2.45, 2.75) is 54.1 Å². The predicted molar refractivity (Wildman–Crippen MR) is 297 cm³/mol. The minimum Gasteiger partial charge on any atom is -0.497 e. The van der Waals surface area contributed by atoms with Crippen LogP contribution in [-0.4, -0.2) is 88.0 Å². The highest BCUT2D eigenvalue weighted by molar-refractivity contribution is 5.90. The number of carbonyl (C=O) groups is 1. The van der Waals surface area contributed by atoms with Gasteiger partial charge in [0.15, 0.2) is 0 Å². The Morgan fingerprint density at radius 3 is 1.05 bits per heavy atom. The van der Waals surface area contributed by atoms with E-state index in [4.69, 9.17) is 30.2 Å². The third-order valence-corrected chi connectivity index (χ3v) is 10.8. The average molecular weight is 1020 g/mol. The van der Waals surface area contributed by atoms with E-state index < -0.39 is 11.6 Å². The van der Waals surface area contributed by atoms with E-state index in [0.717, 1.165) is 79.0 Å². The SMILES string of the molecule is CC(C)(C)O.COc1ccc(-c2cnc(Nc3cnc(C)c(C(=O)O)c3)nc2)cc1.COc1ccc(-c2cnc(Nc3cnc(C)c(C)c3)nc2)cc1.COc1ccc(-c2cnc(Nc3cnc(C)c(N)c3)nc2)cc1. The van der Waals surface area contributed by atoms with E-state index in [0.29, 0.717) is 34.9 Å². The average Bonchev–Trinajstić information content (AvgIpc) is 3.42. The molecule has 0 unspecified atom stereocenters. The first-order chi connectivity index (χ1) is 36.4. The molecule has 0 aliphatic heterocycles. The molecule has 19 nitrogen and oxygen atoms in total. The van der Waals surface area contributed by atoms with Crippen LogP contribution in [0.15, 0.2) is 147 Å². The van der Waals surface area contributed by atoms with E-state index in [1.807, 2.05) is 106 Å². The summed E-state index contributed by atoms with van der Waals surface area (Å²) in [4.78, 5) is 49.7. The second-order valence-electron chi connectivity index (χ2n) is 17.8. The Hall–Kier alpha value is -9.62. The lowest BCUT2D eigenvalue weighted by Crippen LogP contribution is -2.10. The summed E-state index contributed by atoms with van der Waals surface area (Å²) < 4.78 is 15.4. The summed E-state index contributed by atoms with van der Waals surface area (Å²) in [5.74, 6) is 2.81. The number of pyridine rings is 3. The van der Waals surface area contributed by atoms with Gasteiger partial charge in [0.2, 0.25) is 17.8 Å².